The van der Waals surface area contributed by atoms with Crippen molar-refractivity contribution < 1.29 is 42.3 Å². The van der Waals surface area contributed by atoms with Crippen LogP contribution in [0.2, 0.25) is 0 Å². The Bertz CT molecular complexity index is 1330. The Kier molecular flexibility index (Phi) is 34.8. The summed E-state index contributed by atoms with van der Waals surface area (Å²) in [6, 6.07) is 0. The summed E-state index contributed by atoms with van der Waals surface area (Å²) in [7, 11) is -4.42. The van der Waals surface area contributed by atoms with Crippen LogP contribution in [-0.2, 0) is 37.4 Å². The average molecular weight is 830 g/mol. The van der Waals surface area contributed by atoms with Crippen LogP contribution in [0.1, 0.15) is 142 Å². The number of phosphoric acid groups is 1. The van der Waals surface area contributed by atoms with E-state index < -0.39 is 32.5 Å². The second-order valence-electron chi connectivity index (χ2n) is 14.2. The molecule has 0 aliphatic carbocycles. The van der Waals surface area contributed by atoms with Crippen molar-refractivity contribution in [1.29, 1.82) is 0 Å². The molecule has 0 bridgehead atoms. The Morgan fingerprint density at radius 1 is 0.603 bits per heavy atom. The number of carbonyl (C=O) groups excluding carboxylic acids is 2. The van der Waals surface area contributed by atoms with Gasteiger partial charge in [0.25, 0.3) is 0 Å². The maximum absolute atomic E-state index is 12.6. The highest BCUT2D eigenvalue weighted by Gasteiger charge is 2.36. The van der Waals surface area contributed by atoms with Gasteiger partial charge >= 0.3 is 19.8 Å². The van der Waals surface area contributed by atoms with Crippen LogP contribution >= 0.6 is 7.82 Å². The Hall–Kier alpha value is -3.11. The van der Waals surface area contributed by atoms with Gasteiger partial charge in [-0.3, -0.25) is 18.6 Å². The lowest BCUT2D eigenvalue weighted by Crippen LogP contribution is -2.29. The molecule has 328 valence electrons. The van der Waals surface area contributed by atoms with Gasteiger partial charge in [0.2, 0.25) is 0 Å². The molecule has 1 aliphatic rings. The molecule has 1 saturated heterocycles. The Labute approximate surface area is 351 Å². The minimum atomic E-state index is -4.42. The van der Waals surface area contributed by atoms with Crippen LogP contribution in [0.25, 0.3) is 0 Å². The first-order valence-electron chi connectivity index (χ1n) is 21.8. The lowest BCUT2D eigenvalue weighted by atomic mass is 10.1. The van der Waals surface area contributed by atoms with E-state index in [0.717, 1.165) is 51.4 Å². The third-order valence-corrected chi connectivity index (χ3v) is 9.84. The van der Waals surface area contributed by atoms with E-state index in [1.54, 1.807) is 0 Å². The fraction of sp³-hybridized carbons (Fsp3) is 0.617. The van der Waals surface area contributed by atoms with Gasteiger partial charge in [0.1, 0.15) is 6.61 Å². The van der Waals surface area contributed by atoms with Gasteiger partial charge in [-0.15, -0.1) is 0 Å². The highest BCUT2D eigenvalue weighted by Crippen LogP contribution is 2.43. The molecule has 1 rings (SSSR count). The Morgan fingerprint density at radius 2 is 1.07 bits per heavy atom. The van der Waals surface area contributed by atoms with E-state index in [1.165, 1.54) is 44.9 Å². The van der Waals surface area contributed by atoms with Crippen molar-refractivity contribution >= 4 is 19.8 Å². The second-order valence-corrected chi connectivity index (χ2v) is 15.7. The maximum Gasteiger partial charge on any atom is 0.472 e. The zero-order valence-electron chi connectivity index (χ0n) is 35.7. The van der Waals surface area contributed by atoms with E-state index >= 15 is 0 Å². The van der Waals surface area contributed by atoms with Crippen molar-refractivity contribution in [2.24, 2.45) is 5.73 Å². The molecular formula is C47H76NO9P. The molecule has 1 heterocycles. The van der Waals surface area contributed by atoms with Crippen molar-refractivity contribution in [3.8, 4) is 0 Å². The van der Waals surface area contributed by atoms with E-state index in [2.05, 4.69) is 92.8 Å². The summed E-state index contributed by atoms with van der Waals surface area (Å²) >= 11 is 0. The minimum Gasteiger partial charge on any atom is -0.462 e. The van der Waals surface area contributed by atoms with Crippen LogP contribution in [-0.4, -0.2) is 61.5 Å². The summed E-state index contributed by atoms with van der Waals surface area (Å²) in [5.41, 5.74) is 5.34. The van der Waals surface area contributed by atoms with Crippen molar-refractivity contribution in [2.45, 2.75) is 161 Å². The number of esters is 2. The van der Waals surface area contributed by atoms with Crippen LogP contribution in [0.4, 0.5) is 0 Å². The third kappa shape index (κ3) is 34.9. The zero-order valence-corrected chi connectivity index (χ0v) is 36.6. The van der Waals surface area contributed by atoms with Crippen molar-refractivity contribution in [3.63, 3.8) is 0 Å². The molecule has 0 radical (unpaired) electrons. The molecule has 0 aromatic rings. The van der Waals surface area contributed by atoms with Gasteiger partial charge in [-0.2, -0.15) is 0 Å². The molecule has 1 aliphatic heterocycles. The van der Waals surface area contributed by atoms with Gasteiger partial charge in [0.05, 0.1) is 25.4 Å². The van der Waals surface area contributed by atoms with E-state index in [1.807, 2.05) is 18.2 Å². The number of hydrogen-bond acceptors (Lipinski definition) is 9. The average Bonchev–Trinajstić information content (AvgIpc) is 3.97. The summed E-state index contributed by atoms with van der Waals surface area (Å²) in [5.74, 6) is -1.01. The van der Waals surface area contributed by atoms with Gasteiger partial charge in [-0.1, -0.05) is 137 Å². The van der Waals surface area contributed by atoms with Crippen LogP contribution in [0.5, 0.6) is 0 Å². The minimum absolute atomic E-state index is 0.0277. The molecule has 0 spiro atoms. The molecule has 11 heteroatoms. The van der Waals surface area contributed by atoms with Crippen LogP contribution in [0.15, 0.2) is 97.2 Å². The van der Waals surface area contributed by atoms with E-state index in [4.69, 9.17) is 29.0 Å². The molecule has 4 atom stereocenters. The summed E-state index contributed by atoms with van der Waals surface area (Å²) in [4.78, 5) is 34.8. The number of allylic oxidation sites excluding steroid dienone is 14. The van der Waals surface area contributed by atoms with Crippen LogP contribution in [0, 0.1) is 0 Å². The van der Waals surface area contributed by atoms with Gasteiger partial charge in [-0.25, -0.2) is 4.57 Å². The zero-order chi connectivity index (χ0) is 42.2. The number of phosphoric ester groups is 1. The number of nitrogens with two attached hydrogens (primary N) is 1. The fourth-order valence-electron chi connectivity index (χ4n) is 5.47. The molecule has 0 aromatic carbocycles. The Balaban J connectivity index is 2.29. The maximum atomic E-state index is 12.6. The smallest absolute Gasteiger partial charge is 0.462 e. The lowest BCUT2D eigenvalue weighted by molar-refractivity contribution is -0.161. The number of epoxide rings is 1. The van der Waals surface area contributed by atoms with Crippen LogP contribution < -0.4 is 5.73 Å². The second kappa shape index (κ2) is 38.1. The first-order valence-corrected chi connectivity index (χ1v) is 23.3. The van der Waals surface area contributed by atoms with Crippen LogP contribution in [0.3, 0.4) is 0 Å². The number of unbranched alkanes of at least 4 members (excludes halogenated alkanes) is 7. The highest BCUT2D eigenvalue weighted by atomic mass is 31.2. The molecule has 0 amide bonds. The predicted molar refractivity (Wildman–Crippen MR) is 237 cm³/mol. The topological polar surface area (TPSA) is 147 Å². The predicted octanol–water partition coefficient (Wildman–Crippen LogP) is 11.6. The van der Waals surface area contributed by atoms with Gasteiger partial charge in [-0.05, 0) is 89.9 Å². The Morgan fingerprint density at radius 3 is 1.60 bits per heavy atom. The summed E-state index contributed by atoms with van der Waals surface area (Å²) in [6.45, 7) is 3.48. The standard InChI is InChI=1S/C47H76NO9P/c1-3-5-7-9-11-12-13-14-15-16-17-18-19-20-21-22-25-29-33-37-46(49)53-41-43(42-55-58(51,52)54-40-39-48)56-47(50)38-34-30-26-23-24-28-32-36-45-44(57-45)35-31-27-10-8-6-4-2/h11-12,14-15,17-18,20-21,23,25-29,31-32,43-45H,3-10,13,16,19,22,24,30,33-42,48H2,1-2H3,(H,51,52)/b12-11-,15-14-,18-17-,21-20-,26-23-,29-25-,31-27-,32-28-/t43-,44?,45?/m1/s1. The number of ether oxygens (including phenoxy) is 3. The highest BCUT2D eigenvalue weighted by molar-refractivity contribution is 7.47. The SMILES string of the molecule is CCCCC/C=C\C/C=C\C/C=C\C/C=C\C/C=C\CCC(=O)OC[C@H](COP(=O)(O)OCCN)OC(=O)CCC/C=C\C/C=C\CC1OC1C/C=C\CCCCC. The van der Waals surface area contributed by atoms with Gasteiger partial charge in [0.15, 0.2) is 6.10 Å². The monoisotopic (exact) mass is 830 g/mol. The van der Waals surface area contributed by atoms with E-state index in [-0.39, 0.29) is 32.6 Å². The first-order chi connectivity index (χ1) is 28.3. The fourth-order valence-corrected chi connectivity index (χ4v) is 6.24. The summed E-state index contributed by atoms with van der Waals surface area (Å²) < 4.78 is 38.4. The molecule has 0 saturated carbocycles. The molecule has 1 fully saturated rings. The molecule has 10 nitrogen and oxygen atoms in total. The van der Waals surface area contributed by atoms with Crippen molar-refractivity contribution in [2.75, 3.05) is 26.4 Å². The largest absolute Gasteiger partial charge is 0.472 e. The normalized spacial score (nSPS) is 17.7. The third-order valence-electron chi connectivity index (χ3n) is 8.86. The molecule has 58 heavy (non-hydrogen) atoms. The molecule has 3 N–H and O–H groups in total. The summed E-state index contributed by atoms with van der Waals surface area (Å²) in [5, 5.41) is 0. The first kappa shape index (κ1) is 52.9. The number of carbonyl (C=O) groups is 2. The van der Waals surface area contributed by atoms with Gasteiger partial charge in [0, 0.05) is 19.4 Å². The number of hydrogen-bond donors (Lipinski definition) is 2. The lowest BCUT2D eigenvalue weighted by Gasteiger charge is -2.19. The number of rotatable bonds is 38. The molecule has 3 unspecified atom stereocenters. The van der Waals surface area contributed by atoms with Crippen molar-refractivity contribution in [3.05, 3.63) is 97.2 Å². The van der Waals surface area contributed by atoms with E-state index in [0.29, 0.717) is 31.5 Å². The summed E-state index contributed by atoms with van der Waals surface area (Å²) in [6.07, 6.45) is 52.0. The quantitative estimate of drug-likeness (QED) is 0.0203. The molecule has 0 aromatic heterocycles. The van der Waals surface area contributed by atoms with Crippen molar-refractivity contribution in [1.82, 2.24) is 0 Å². The molecular weight excluding hydrogens is 753 g/mol. The van der Waals surface area contributed by atoms with E-state index in [9.17, 15) is 19.0 Å². The van der Waals surface area contributed by atoms with Gasteiger partial charge < -0.3 is 24.8 Å².